The third kappa shape index (κ3) is 7.86. The van der Waals surface area contributed by atoms with Gasteiger partial charge in [-0.3, -0.25) is 14.4 Å². The molecule has 0 unspecified atom stereocenters. The summed E-state index contributed by atoms with van der Waals surface area (Å²) in [7, 11) is 0. The number of carbonyl (C=O) groups excluding carboxylic acids is 3. The number of ether oxygens (including phenoxy) is 1. The molecule has 0 aliphatic heterocycles. The maximum absolute atomic E-state index is 12.3. The Balaban J connectivity index is 1.87. The number of hydrogen-bond donors (Lipinski definition) is 3. The number of hydrogen-bond acceptors (Lipinski definition) is 5. The summed E-state index contributed by atoms with van der Waals surface area (Å²) in [6, 6.07) is 10.9. The number of carbonyl (C=O) groups is 3. The highest BCUT2D eigenvalue weighted by atomic mass is 16.5. The van der Waals surface area contributed by atoms with Gasteiger partial charge in [0, 0.05) is 12.2 Å². The van der Waals surface area contributed by atoms with Crippen molar-refractivity contribution in [3.8, 4) is 5.75 Å². The number of rotatable bonds is 8. The van der Waals surface area contributed by atoms with Crippen LogP contribution in [0.5, 0.6) is 5.75 Å². The van der Waals surface area contributed by atoms with Crippen LogP contribution in [0.3, 0.4) is 0 Å². The van der Waals surface area contributed by atoms with E-state index in [-0.39, 0.29) is 18.4 Å². The first-order chi connectivity index (χ1) is 15.2. The van der Waals surface area contributed by atoms with Gasteiger partial charge in [-0.25, -0.2) is 5.43 Å². The lowest BCUT2D eigenvalue weighted by Gasteiger charge is -2.13. The van der Waals surface area contributed by atoms with Gasteiger partial charge in [0.05, 0.1) is 6.21 Å². The second kappa shape index (κ2) is 11.6. The molecular weight excluding hydrogens is 408 g/mol. The van der Waals surface area contributed by atoms with Crippen molar-refractivity contribution in [2.75, 3.05) is 18.5 Å². The largest absolute Gasteiger partial charge is 0.484 e. The van der Waals surface area contributed by atoms with Crippen molar-refractivity contribution >= 4 is 29.6 Å². The Labute approximate surface area is 188 Å². The molecule has 3 N–H and O–H groups in total. The average Bonchev–Trinajstić information content (AvgIpc) is 2.73. The smallest absolute Gasteiger partial charge is 0.329 e. The van der Waals surface area contributed by atoms with Gasteiger partial charge in [-0.2, -0.15) is 5.10 Å². The Morgan fingerprint density at radius 1 is 1.03 bits per heavy atom. The average molecular weight is 439 g/mol. The molecule has 8 nitrogen and oxygen atoms in total. The first-order valence-electron chi connectivity index (χ1n) is 10.4. The van der Waals surface area contributed by atoms with E-state index in [2.05, 4.69) is 21.2 Å². The Morgan fingerprint density at radius 2 is 1.72 bits per heavy atom. The Kier molecular flexibility index (Phi) is 8.95. The van der Waals surface area contributed by atoms with Crippen molar-refractivity contribution in [1.82, 2.24) is 10.7 Å². The molecule has 0 aromatic heterocycles. The summed E-state index contributed by atoms with van der Waals surface area (Å²) in [5, 5.41) is 9.19. The molecule has 2 aromatic rings. The van der Waals surface area contributed by atoms with Crippen LogP contribution in [-0.4, -0.2) is 37.1 Å². The lowest BCUT2D eigenvalue weighted by atomic mass is 10.1. The molecule has 2 aromatic carbocycles. The molecule has 0 aliphatic carbocycles. The number of amides is 3. The summed E-state index contributed by atoms with van der Waals surface area (Å²) in [4.78, 5) is 35.6. The van der Waals surface area contributed by atoms with Gasteiger partial charge in [0.2, 0.25) is 0 Å². The maximum atomic E-state index is 12.3. The molecule has 32 heavy (non-hydrogen) atoms. The zero-order valence-corrected chi connectivity index (χ0v) is 19.1. The van der Waals surface area contributed by atoms with Crippen LogP contribution in [0.4, 0.5) is 5.69 Å². The molecule has 170 valence electrons. The van der Waals surface area contributed by atoms with E-state index in [1.807, 2.05) is 46.8 Å². The molecule has 0 bridgehead atoms. The van der Waals surface area contributed by atoms with Crippen molar-refractivity contribution in [2.24, 2.45) is 11.0 Å². The molecule has 0 heterocycles. The van der Waals surface area contributed by atoms with Crippen molar-refractivity contribution in [2.45, 2.75) is 34.6 Å². The Hall–Kier alpha value is -3.68. The van der Waals surface area contributed by atoms with E-state index in [0.717, 1.165) is 22.4 Å². The monoisotopic (exact) mass is 438 g/mol. The summed E-state index contributed by atoms with van der Waals surface area (Å²) in [6.07, 6.45) is 1.39. The lowest BCUT2D eigenvalue weighted by molar-refractivity contribution is -0.139. The van der Waals surface area contributed by atoms with E-state index >= 15 is 0 Å². The van der Waals surface area contributed by atoms with Gasteiger partial charge in [0.1, 0.15) is 5.75 Å². The summed E-state index contributed by atoms with van der Waals surface area (Å²) >= 11 is 0. The normalized spacial score (nSPS) is 10.8. The topological polar surface area (TPSA) is 109 Å². The molecular formula is C24H30N4O4. The van der Waals surface area contributed by atoms with Crippen LogP contribution >= 0.6 is 0 Å². The third-order valence-corrected chi connectivity index (χ3v) is 4.43. The second-order valence-corrected chi connectivity index (χ2v) is 7.99. The van der Waals surface area contributed by atoms with Crippen LogP contribution in [0.1, 0.15) is 36.1 Å². The fraction of sp³-hybridized carbons (Fsp3) is 0.333. The molecule has 0 spiro atoms. The highest BCUT2D eigenvalue weighted by molar-refractivity contribution is 6.35. The maximum Gasteiger partial charge on any atom is 0.329 e. The number of anilines is 1. The first kappa shape index (κ1) is 24.6. The minimum absolute atomic E-state index is 0.153. The van der Waals surface area contributed by atoms with Crippen molar-refractivity contribution < 1.29 is 19.1 Å². The summed E-state index contributed by atoms with van der Waals surface area (Å²) < 4.78 is 5.58. The zero-order chi connectivity index (χ0) is 23.7. The van der Waals surface area contributed by atoms with Crippen LogP contribution in [-0.2, 0) is 14.4 Å². The van der Waals surface area contributed by atoms with Gasteiger partial charge in [-0.05, 0) is 55.5 Å². The molecule has 0 saturated heterocycles. The van der Waals surface area contributed by atoms with Crippen LogP contribution in [0.15, 0.2) is 41.5 Å². The molecule has 0 saturated carbocycles. The molecule has 0 atom stereocenters. The predicted octanol–water partition coefficient (Wildman–Crippen LogP) is 2.85. The summed E-state index contributed by atoms with van der Waals surface area (Å²) in [6.45, 7) is 10.0. The Morgan fingerprint density at radius 3 is 2.38 bits per heavy atom. The van der Waals surface area contributed by atoms with E-state index in [0.29, 0.717) is 17.9 Å². The minimum Gasteiger partial charge on any atom is -0.484 e. The van der Waals surface area contributed by atoms with Gasteiger partial charge >= 0.3 is 11.8 Å². The number of nitrogens with zero attached hydrogens (tertiary/aromatic N) is 1. The van der Waals surface area contributed by atoms with Crippen LogP contribution < -0.4 is 20.8 Å². The van der Waals surface area contributed by atoms with Gasteiger partial charge < -0.3 is 15.4 Å². The number of aryl methyl sites for hydroxylation is 3. The van der Waals surface area contributed by atoms with Crippen LogP contribution in [0.2, 0.25) is 0 Å². The standard InChI is InChI=1S/C24H30N4O4/c1-15(2)12-25-23(30)24(31)28-26-13-19-7-6-8-20(11-19)32-14-21(29)27-22-17(4)9-16(3)10-18(22)5/h6-11,13,15H,12,14H2,1-5H3,(H,25,30)(H,27,29)(H,28,31)/b26-13-. The molecule has 2 rings (SSSR count). The first-order valence-corrected chi connectivity index (χ1v) is 10.4. The molecule has 0 fully saturated rings. The number of hydrazone groups is 1. The van der Waals surface area contributed by atoms with Gasteiger partial charge in [-0.15, -0.1) is 0 Å². The SMILES string of the molecule is Cc1cc(C)c(NC(=O)COc2cccc(/C=N\NC(=O)C(=O)NCC(C)C)c2)c(C)c1. The van der Waals surface area contributed by atoms with Crippen LogP contribution in [0.25, 0.3) is 0 Å². The fourth-order valence-corrected chi connectivity index (χ4v) is 2.98. The zero-order valence-electron chi connectivity index (χ0n) is 19.1. The van der Waals surface area contributed by atoms with E-state index in [1.165, 1.54) is 6.21 Å². The number of benzene rings is 2. The molecule has 8 heteroatoms. The summed E-state index contributed by atoms with van der Waals surface area (Å²) in [5.41, 5.74) is 6.73. The quantitative estimate of drug-likeness (QED) is 0.334. The fourth-order valence-electron chi connectivity index (χ4n) is 2.98. The highest BCUT2D eigenvalue weighted by Crippen LogP contribution is 2.22. The van der Waals surface area contributed by atoms with E-state index in [1.54, 1.807) is 24.3 Å². The summed E-state index contributed by atoms with van der Waals surface area (Å²) in [5.74, 6) is -1.13. The van der Waals surface area contributed by atoms with Gasteiger partial charge in [0.25, 0.3) is 5.91 Å². The highest BCUT2D eigenvalue weighted by Gasteiger charge is 2.12. The van der Waals surface area contributed by atoms with E-state index < -0.39 is 11.8 Å². The van der Waals surface area contributed by atoms with Crippen LogP contribution in [0, 0.1) is 26.7 Å². The van der Waals surface area contributed by atoms with Crippen molar-refractivity contribution in [1.29, 1.82) is 0 Å². The number of nitrogens with one attached hydrogen (secondary N) is 3. The van der Waals surface area contributed by atoms with Gasteiger partial charge in [0.15, 0.2) is 6.61 Å². The lowest BCUT2D eigenvalue weighted by Crippen LogP contribution is -2.39. The Bertz CT molecular complexity index is 992. The predicted molar refractivity (Wildman–Crippen MR) is 125 cm³/mol. The molecule has 3 amide bonds. The molecule has 0 radical (unpaired) electrons. The second-order valence-electron chi connectivity index (χ2n) is 7.99. The van der Waals surface area contributed by atoms with Crippen molar-refractivity contribution in [3.63, 3.8) is 0 Å². The van der Waals surface area contributed by atoms with E-state index in [4.69, 9.17) is 4.74 Å². The minimum atomic E-state index is -0.840. The van der Waals surface area contributed by atoms with Gasteiger partial charge in [-0.1, -0.05) is 43.7 Å². The third-order valence-electron chi connectivity index (χ3n) is 4.43. The van der Waals surface area contributed by atoms with E-state index in [9.17, 15) is 14.4 Å². The van der Waals surface area contributed by atoms with Crippen molar-refractivity contribution in [3.05, 3.63) is 58.7 Å². The molecule has 0 aliphatic rings.